The van der Waals surface area contributed by atoms with Gasteiger partial charge in [-0.25, -0.2) is 0 Å². The first-order valence-electron chi connectivity index (χ1n) is 8.59. The maximum Gasteiger partial charge on any atom is 0.320 e. The van der Waals surface area contributed by atoms with E-state index in [1.165, 1.54) is 0 Å². The average molecular weight is 337 g/mol. The highest BCUT2D eigenvalue weighted by Gasteiger charge is 2.42. The maximum atomic E-state index is 11.7. The second-order valence-electron chi connectivity index (χ2n) is 6.10. The zero-order valence-electron chi connectivity index (χ0n) is 15.2. The molecule has 0 spiro atoms. The molecule has 0 radical (unpaired) electrons. The molecule has 4 atom stereocenters. The van der Waals surface area contributed by atoms with Crippen LogP contribution in [0.4, 0.5) is 0 Å². The largest absolute Gasteiger partial charge is 0.455 e. The molecular formula is C19H31NO4. The Bertz CT molecular complexity index is 470. The van der Waals surface area contributed by atoms with Crippen LogP contribution in [0.1, 0.15) is 33.6 Å². The maximum absolute atomic E-state index is 11.7. The highest BCUT2D eigenvalue weighted by atomic mass is 16.6. The summed E-state index contributed by atoms with van der Waals surface area (Å²) in [5.41, 5.74) is 6.37. The number of esters is 1. The Balaban J connectivity index is 2.85. The molecule has 0 amide bonds. The summed E-state index contributed by atoms with van der Waals surface area (Å²) in [5.74, 6) is -0.308. The molecule has 2 N–H and O–H groups in total. The number of unbranched alkanes of at least 4 members (excludes halogenated alkanes) is 1. The molecule has 5 heteroatoms. The first-order chi connectivity index (χ1) is 11.5. The highest BCUT2D eigenvalue weighted by Crippen LogP contribution is 2.29. The molecule has 1 heterocycles. The lowest BCUT2D eigenvalue weighted by Crippen LogP contribution is -2.53. The SMILES string of the molecule is CCC/C=C/C=C/C=C(\C)[C@@H]1OC[C@H](C)[C@H](OC)[C@H]1OC(=O)CN. The minimum atomic E-state index is -0.491. The molecule has 1 aliphatic heterocycles. The summed E-state index contributed by atoms with van der Waals surface area (Å²) >= 11 is 0. The van der Waals surface area contributed by atoms with Gasteiger partial charge in [-0.15, -0.1) is 0 Å². The summed E-state index contributed by atoms with van der Waals surface area (Å²) in [6, 6.07) is 0. The fourth-order valence-corrected chi connectivity index (χ4v) is 2.73. The average Bonchev–Trinajstić information content (AvgIpc) is 2.58. The van der Waals surface area contributed by atoms with Crippen LogP contribution >= 0.6 is 0 Å². The summed E-state index contributed by atoms with van der Waals surface area (Å²) in [6.45, 7) is 6.54. The van der Waals surface area contributed by atoms with E-state index in [4.69, 9.17) is 19.9 Å². The van der Waals surface area contributed by atoms with Gasteiger partial charge >= 0.3 is 5.97 Å². The number of nitrogens with two attached hydrogens (primary N) is 1. The fourth-order valence-electron chi connectivity index (χ4n) is 2.73. The first-order valence-corrected chi connectivity index (χ1v) is 8.59. The summed E-state index contributed by atoms with van der Waals surface area (Å²) < 4.78 is 17.0. The van der Waals surface area contributed by atoms with Crippen molar-refractivity contribution in [2.45, 2.75) is 51.9 Å². The molecule has 136 valence electrons. The Labute approximate surface area is 145 Å². The molecule has 1 fully saturated rings. The van der Waals surface area contributed by atoms with Crippen LogP contribution in [0, 0.1) is 5.92 Å². The van der Waals surface area contributed by atoms with Crippen LogP contribution in [0.2, 0.25) is 0 Å². The van der Waals surface area contributed by atoms with Gasteiger partial charge in [0.1, 0.15) is 12.2 Å². The molecular weight excluding hydrogens is 306 g/mol. The molecule has 0 aromatic heterocycles. The van der Waals surface area contributed by atoms with Crippen molar-refractivity contribution in [1.82, 2.24) is 0 Å². The van der Waals surface area contributed by atoms with E-state index in [2.05, 4.69) is 13.0 Å². The van der Waals surface area contributed by atoms with E-state index < -0.39 is 12.1 Å². The van der Waals surface area contributed by atoms with Gasteiger partial charge in [-0.1, -0.05) is 50.6 Å². The van der Waals surface area contributed by atoms with Crippen LogP contribution in [-0.2, 0) is 19.0 Å². The standard InChI is InChI=1S/C19H31NO4/c1-5-6-7-8-9-10-11-14(2)18-19(24-16(21)12-20)17(22-4)15(3)13-23-18/h7-11,15,17-19H,5-6,12-13,20H2,1-4H3/b8-7+,10-9+,14-11+/t15-,17-,18-,19+/m0/s1. The lowest BCUT2D eigenvalue weighted by Gasteiger charge is -2.40. The number of methoxy groups -OCH3 is 1. The molecule has 1 rings (SSSR count). The van der Waals surface area contributed by atoms with Crippen molar-refractivity contribution in [2.24, 2.45) is 11.7 Å². The lowest BCUT2D eigenvalue weighted by molar-refractivity contribution is -0.190. The Hall–Kier alpha value is -1.43. The zero-order valence-corrected chi connectivity index (χ0v) is 15.2. The quantitative estimate of drug-likeness (QED) is 0.545. The Kier molecular flexibility index (Phi) is 9.60. The minimum Gasteiger partial charge on any atom is -0.455 e. The van der Waals surface area contributed by atoms with E-state index in [1.807, 2.05) is 38.2 Å². The Morgan fingerprint density at radius 2 is 2.04 bits per heavy atom. The van der Waals surface area contributed by atoms with Gasteiger partial charge in [0.15, 0.2) is 6.10 Å². The predicted molar refractivity (Wildman–Crippen MR) is 95.6 cm³/mol. The van der Waals surface area contributed by atoms with Gasteiger partial charge in [0.05, 0.1) is 13.2 Å². The Morgan fingerprint density at radius 1 is 1.29 bits per heavy atom. The van der Waals surface area contributed by atoms with Crippen molar-refractivity contribution in [2.75, 3.05) is 20.3 Å². The number of allylic oxidation sites excluding steroid dienone is 5. The van der Waals surface area contributed by atoms with E-state index in [0.29, 0.717) is 6.61 Å². The second-order valence-corrected chi connectivity index (χ2v) is 6.10. The number of hydrogen-bond donors (Lipinski definition) is 1. The van der Waals surface area contributed by atoms with E-state index in [9.17, 15) is 4.79 Å². The van der Waals surface area contributed by atoms with Crippen molar-refractivity contribution < 1.29 is 19.0 Å². The third kappa shape index (κ3) is 6.23. The van der Waals surface area contributed by atoms with Crippen LogP contribution in [0.25, 0.3) is 0 Å². The fraction of sp³-hybridized carbons (Fsp3) is 0.632. The van der Waals surface area contributed by atoms with Crippen molar-refractivity contribution in [3.8, 4) is 0 Å². The van der Waals surface area contributed by atoms with E-state index in [-0.39, 0.29) is 24.7 Å². The minimum absolute atomic E-state index is 0.141. The second kappa shape index (κ2) is 11.2. The smallest absolute Gasteiger partial charge is 0.320 e. The van der Waals surface area contributed by atoms with Gasteiger partial charge in [0, 0.05) is 13.0 Å². The van der Waals surface area contributed by atoms with Gasteiger partial charge in [-0.05, 0) is 18.9 Å². The van der Waals surface area contributed by atoms with E-state index in [1.54, 1.807) is 7.11 Å². The van der Waals surface area contributed by atoms with Gasteiger partial charge < -0.3 is 19.9 Å². The highest BCUT2D eigenvalue weighted by molar-refractivity contribution is 5.71. The predicted octanol–water partition coefficient (Wildman–Crippen LogP) is 2.77. The first kappa shape index (κ1) is 20.6. The third-order valence-corrected chi connectivity index (χ3v) is 4.05. The van der Waals surface area contributed by atoms with Crippen LogP contribution in [0.15, 0.2) is 36.0 Å². The molecule has 24 heavy (non-hydrogen) atoms. The molecule has 1 saturated heterocycles. The molecule has 5 nitrogen and oxygen atoms in total. The molecule has 1 aliphatic rings. The monoisotopic (exact) mass is 337 g/mol. The number of carbonyl (C=O) groups excluding carboxylic acids is 1. The number of carbonyl (C=O) groups is 1. The van der Waals surface area contributed by atoms with Gasteiger partial charge in [-0.2, -0.15) is 0 Å². The van der Waals surface area contributed by atoms with Crippen LogP contribution in [0.3, 0.4) is 0 Å². The van der Waals surface area contributed by atoms with Crippen LogP contribution < -0.4 is 5.73 Å². The number of hydrogen-bond acceptors (Lipinski definition) is 5. The molecule has 0 aliphatic carbocycles. The topological polar surface area (TPSA) is 70.8 Å². The third-order valence-electron chi connectivity index (χ3n) is 4.05. The van der Waals surface area contributed by atoms with E-state index in [0.717, 1.165) is 18.4 Å². The lowest BCUT2D eigenvalue weighted by atomic mass is 9.90. The number of rotatable bonds is 8. The van der Waals surface area contributed by atoms with Crippen LogP contribution in [0.5, 0.6) is 0 Å². The summed E-state index contributed by atoms with van der Waals surface area (Å²) in [4.78, 5) is 11.7. The summed E-state index contributed by atoms with van der Waals surface area (Å²) in [6.07, 6.45) is 11.3. The molecule has 0 bridgehead atoms. The molecule has 0 aromatic rings. The Morgan fingerprint density at radius 3 is 2.67 bits per heavy atom. The molecule has 0 unspecified atom stereocenters. The van der Waals surface area contributed by atoms with Crippen molar-refractivity contribution >= 4 is 5.97 Å². The van der Waals surface area contributed by atoms with Crippen LogP contribution in [-0.4, -0.2) is 44.5 Å². The number of ether oxygens (including phenoxy) is 3. The molecule has 0 saturated carbocycles. The van der Waals surface area contributed by atoms with Crippen molar-refractivity contribution in [1.29, 1.82) is 0 Å². The van der Waals surface area contributed by atoms with E-state index >= 15 is 0 Å². The normalized spacial score (nSPS) is 28.6. The molecule has 0 aromatic carbocycles. The van der Waals surface area contributed by atoms with Gasteiger partial charge in [0.25, 0.3) is 0 Å². The zero-order chi connectivity index (χ0) is 17.9. The summed E-state index contributed by atoms with van der Waals surface area (Å²) in [5, 5.41) is 0. The van der Waals surface area contributed by atoms with Gasteiger partial charge in [-0.3, -0.25) is 4.79 Å². The van der Waals surface area contributed by atoms with Gasteiger partial charge in [0.2, 0.25) is 0 Å². The van der Waals surface area contributed by atoms with Crippen molar-refractivity contribution in [3.05, 3.63) is 36.0 Å². The summed E-state index contributed by atoms with van der Waals surface area (Å²) in [7, 11) is 1.63. The van der Waals surface area contributed by atoms with Crippen molar-refractivity contribution in [3.63, 3.8) is 0 Å².